The van der Waals surface area contributed by atoms with Crippen LogP contribution in [0.2, 0.25) is 0 Å². The van der Waals surface area contributed by atoms with Gasteiger partial charge in [0.2, 0.25) is 0 Å². The average Bonchev–Trinajstić information content (AvgIpc) is 1.41. The molecule has 7 heavy (non-hydrogen) atoms. The normalized spacial score (nSPS) is 4.00. The molecule has 0 bridgehead atoms. The quantitative estimate of drug-likeness (QED) is 0.431. The van der Waals surface area contributed by atoms with E-state index in [1.54, 1.807) is 0 Å². The Kier molecular flexibility index (Phi) is 36.9. The van der Waals surface area contributed by atoms with Crippen LogP contribution in [0.4, 0.5) is 4.79 Å². The summed E-state index contributed by atoms with van der Waals surface area (Å²) in [5.74, 6) is 0. The van der Waals surface area contributed by atoms with Crippen LogP contribution in [0.15, 0.2) is 0 Å². The van der Waals surface area contributed by atoms with Crippen LogP contribution in [0.1, 0.15) is 0 Å². The summed E-state index contributed by atoms with van der Waals surface area (Å²) in [5.41, 5.74) is -1.36. The zero-order chi connectivity index (χ0) is 5.58. The van der Waals surface area contributed by atoms with Gasteiger partial charge in [-0.15, -0.1) is 0 Å². The van der Waals surface area contributed by atoms with Crippen molar-refractivity contribution in [1.29, 1.82) is 0 Å². The van der Waals surface area contributed by atoms with Crippen LogP contribution < -0.4 is 0 Å². The summed E-state index contributed by atoms with van der Waals surface area (Å²) in [5, 5.41) is 7.18. The molecule has 0 atom stereocenters. The summed E-state index contributed by atoms with van der Waals surface area (Å²) >= 11 is 5.25. The average molecular weight is 162 g/mol. The number of carboxylic acid groups (broad SMARTS) is 1. The Labute approximate surface area is 55.9 Å². The first kappa shape index (κ1) is 15.7. The standard InChI is InChI=1S/CHClO2.CH3.O.V/c2-1(3)4;;;/h(H,3,4);1H3;;/q;-1;;. The Bertz CT molecular complexity index is 44.2. The minimum atomic E-state index is -1.36. The fraction of sp³-hybridized carbons (Fsp3) is 0. The molecule has 43 valence electrons. The van der Waals surface area contributed by atoms with Crippen molar-refractivity contribution in [1.82, 2.24) is 0 Å². The van der Waals surface area contributed by atoms with Gasteiger partial charge in [0.1, 0.15) is 0 Å². The van der Waals surface area contributed by atoms with Crippen LogP contribution in [0.25, 0.3) is 0 Å². The van der Waals surface area contributed by atoms with Crippen LogP contribution in [0, 0.1) is 7.43 Å². The van der Waals surface area contributed by atoms with Gasteiger partial charge in [0.25, 0.3) is 0 Å². The Balaban J connectivity index is -0.0000000480. The summed E-state index contributed by atoms with van der Waals surface area (Å²) in [7, 11) is 0. The molecule has 5 heteroatoms. The Hall–Kier alpha value is 0.144. The third-order valence-electron chi connectivity index (χ3n) is 0. The molecule has 0 spiro atoms. The van der Waals surface area contributed by atoms with E-state index in [0.717, 1.165) is 17.4 Å². The van der Waals surface area contributed by atoms with Gasteiger partial charge in [-0.25, -0.2) is 4.79 Å². The van der Waals surface area contributed by atoms with Crippen molar-refractivity contribution in [3.8, 4) is 0 Å². The Morgan fingerprint density at radius 3 is 1.57 bits per heavy atom. The molecule has 0 aromatic carbocycles. The van der Waals surface area contributed by atoms with E-state index >= 15 is 0 Å². The molecule has 0 aromatic heterocycles. The van der Waals surface area contributed by atoms with Gasteiger partial charge >= 0.3 is 26.5 Å². The molecular weight excluding hydrogens is 158 g/mol. The van der Waals surface area contributed by atoms with Crippen molar-refractivity contribution in [3.63, 3.8) is 0 Å². The Morgan fingerprint density at radius 1 is 1.57 bits per heavy atom. The molecule has 0 aliphatic rings. The van der Waals surface area contributed by atoms with Crippen LogP contribution in [-0.2, 0) is 21.0 Å². The van der Waals surface area contributed by atoms with E-state index in [0.29, 0.717) is 0 Å². The van der Waals surface area contributed by atoms with E-state index in [1.165, 1.54) is 0 Å². The van der Waals surface area contributed by atoms with Crippen molar-refractivity contribution < 1.29 is 30.9 Å². The molecule has 0 aromatic rings. The van der Waals surface area contributed by atoms with Gasteiger partial charge in [0, 0.05) is 11.6 Å². The number of halogens is 1. The topological polar surface area (TPSA) is 54.4 Å². The van der Waals surface area contributed by atoms with Crippen molar-refractivity contribution in [2.45, 2.75) is 0 Å². The number of hydrogen-bond acceptors (Lipinski definition) is 2. The third-order valence-corrected chi connectivity index (χ3v) is 0. The summed E-state index contributed by atoms with van der Waals surface area (Å²) in [4.78, 5) is 8.77. The molecule has 0 radical (unpaired) electrons. The first-order valence-electron chi connectivity index (χ1n) is 0.799. The fourth-order valence-corrected chi connectivity index (χ4v) is 0. The van der Waals surface area contributed by atoms with Gasteiger partial charge in [-0.3, -0.25) is 0 Å². The monoisotopic (exact) mass is 162 g/mol. The maximum atomic E-state index is 8.77. The fourth-order valence-electron chi connectivity index (χ4n) is 0. The van der Waals surface area contributed by atoms with E-state index in [1.807, 2.05) is 0 Å². The van der Waals surface area contributed by atoms with E-state index < -0.39 is 5.43 Å². The molecule has 0 saturated carbocycles. The zero-order valence-electron chi connectivity index (χ0n) is 3.59. The van der Waals surface area contributed by atoms with Gasteiger partial charge in [-0.1, -0.05) is 0 Å². The van der Waals surface area contributed by atoms with Crippen molar-refractivity contribution in [3.05, 3.63) is 7.43 Å². The predicted octanol–water partition coefficient (Wildman–Crippen LogP) is 1.23. The number of hydrogen-bond donors (Lipinski definition) is 1. The third kappa shape index (κ3) is 5060. The SMILES string of the molecule is O=C(O)Cl.[CH3-].[O]=[V]. The second kappa shape index (κ2) is 16.4. The van der Waals surface area contributed by atoms with E-state index in [9.17, 15) is 0 Å². The van der Waals surface area contributed by atoms with Gasteiger partial charge in [-0.05, 0) is 0 Å². The predicted molar refractivity (Wildman–Crippen MR) is 21.0 cm³/mol. The van der Waals surface area contributed by atoms with Gasteiger partial charge in [0.05, 0.1) is 0 Å². The second-order valence-corrected chi connectivity index (χ2v) is 0.576. The van der Waals surface area contributed by atoms with E-state index in [-0.39, 0.29) is 7.43 Å². The van der Waals surface area contributed by atoms with Crippen LogP contribution >= 0.6 is 11.6 Å². The van der Waals surface area contributed by atoms with Crippen molar-refractivity contribution in [2.24, 2.45) is 0 Å². The summed E-state index contributed by atoms with van der Waals surface area (Å²) < 4.78 is 8.19. The summed E-state index contributed by atoms with van der Waals surface area (Å²) in [6.45, 7) is 0. The molecule has 0 aliphatic heterocycles. The molecule has 3 nitrogen and oxygen atoms in total. The van der Waals surface area contributed by atoms with E-state index in [4.69, 9.17) is 13.6 Å². The van der Waals surface area contributed by atoms with Crippen LogP contribution in [0.5, 0.6) is 0 Å². The molecule has 0 fully saturated rings. The first-order chi connectivity index (χ1) is 2.73. The number of carbonyl (C=O) groups is 1. The molecule has 1 N–H and O–H groups in total. The van der Waals surface area contributed by atoms with Gasteiger partial charge in [0.15, 0.2) is 0 Å². The van der Waals surface area contributed by atoms with Crippen molar-refractivity contribution >= 4 is 17.0 Å². The zero-order valence-corrected chi connectivity index (χ0v) is 5.74. The van der Waals surface area contributed by atoms with Crippen LogP contribution in [0.3, 0.4) is 0 Å². The van der Waals surface area contributed by atoms with Gasteiger partial charge < -0.3 is 12.5 Å². The molecule has 0 saturated heterocycles. The first-order valence-corrected chi connectivity index (χ1v) is 1.75. The van der Waals surface area contributed by atoms with Gasteiger partial charge in [-0.2, -0.15) is 0 Å². The molecule has 0 aliphatic carbocycles. The second-order valence-electron chi connectivity index (χ2n) is 0.253. The minimum absolute atomic E-state index is 0. The number of rotatable bonds is 0. The molecule has 0 heterocycles. The molecular formula is C2H4ClO3V-. The summed E-state index contributed by atoms with van der Waals surface area (Å²) in [6.07, 6.45) is 0. The molecule has 0 amide bonds. The Morgan fingerprint density at radius 2 is 1.57 bits per heavy atom. The molecule has 0 unspecified atom stereocenters. The maximum absolute atomic E-state index is 8.77. The van der Waals surface area contributed by atoms with E-state index in [2.05, 4.69) is 11.6 Å². The summed E-state index contributed by atoms with van der Waals surface area (Å²) in [6, 6.07) is 0. The van der Waals surface area contributed by atoms with Crippen LogP contribution in [-0.4, -0.2) is 10.5 Å². The van der Waals surface area contributed by atoms with Crippen molar-refractivity contribution in [2.75, 3.05) is 0 Å². The molecule has 0 rings (SSSR count).